The molecule has 0 heterocycles. The monoisotopic (exact) mass is 660 g/mol. The summed E-state index contributed by atoms with van der Waals surface area (Å²) in [5.41, 5.74) is 1.37. The predicted octanol–water partition coefficient (Wildman–Crippen LogP) is 6.98. The van der Waals surface area contributed by atoms with Crippen LogP contribution in [0.4, 0.5) is 31.1 Å². The number of carbonyl (C=O) groups excluding carboxylic acids is 2. The van der Waals surface area contributed by atoms with E-state index in [2.05, 4.69) is 5.48 Å². The second kappa shape index (κ2) is 12.0. The average Bonchev–Trinajstić information content (AvgIpc) is 3.26. The van der Waals surface area contributed by atoms with Gasteiger partial charge in [-0.1, -0.05) is 18.2 Å². The topological polar surface area (TPSA) is 67.9 Å². The minimum atomic E-state index is -4.99. The molecule has 2 amide bonds. The number of nitrogens with zero attached hydrogens (tertiary/aromatic N) is 1. The molecule has 0 spiro atoms. The molecule has 2 aromatic rings. The van der Waals surface area contributed by atoms with E-state index in [0.717, 1.165) is 16.7 Å². The molecule has 14 heteroatoms. The van der Waals surface area contributed by atoms with Crippen LogP contribution in [0, 0.1) is 0 Å². The number of carbonyl (C=O) groups is 2. The van der Waals surface area contributed by atoms with Gasteiger partial charge >= 0.3 is 18.4 Å². The largest absolute Gasteiger partial charge is 0.445 e. The number of ether oxygens (including phenoxy) is 1. The van der Waals surface area contributed by atoms with Gasteiger partial charge in [0, 0.05) is 13.1 Å². The SMILES string of the molecule is CN(C(=O)OCc1cc(C(F)(F)F)cc(C(F)(F)F)c1)C1CCc2cc(/C=C/C(=O)NOPI)ccc21. The number of nitrogens with one attached hydrogen (secondary N) is 1. The summed E-state index contributed by atoms with van der Waals surface area (Å²) in [6.45, 7) is -0.686. The van der Waals surface area contributed by atoms with E-state index < -0.39 is 53.7 Å². The first-order chi connectivity index (χ1) is 17.3. The van der Waals surface area contributed by atoms with Crippen LogP contribution in [0.15, 0.2) is 42.5 Å². The Labute approximate surface area is 222 Å². The van der Waals surface area contributed by atoms with Crippen molar-refractivity contribution < 1.29 is 45.3 Å². The molecule has 2 unspecified atom stereocenters. The summed E-state index contributed by atoms with van der Waals surface area (Å²) in [6, 6.07) is 6.08. The maximum atomic E-state index is 13.1. The van der Waals surface area contributed by atoms with Crippen LogP contribution in [0.3, 0.4) is 0 Å². The van der Waals surface area contributed by atoms with Gasteiger partial charge in [0.05, 0.1) is 17.2 Å². The Morgan fingerprint density at radius 3 is 2.35 bits per heavy atom. The van der Waals surface area contributed by atoms with Crippen molar-refractivity contribution in [1.82, 2.24) is 10.4 Å². The molecule has 0 fully saturated rings. The molecule has 0 aromatic heterocycles. The maximum Gasteiger partial charge on any atom is 0.416 e. The molecule has 1 N–H and O–H groups in total. The normalized spacial score (nSPS) is 15.8. The highest BCUT2D eigenvalue weighted by molar-refractivity contribution is 14.2. The van der Waals surface area contributed by atoms with Crippen molar-refractivity contribution in [1.29, 1.82) is 0 Å². The van der Waals surface area contributed by atoms with Gasteiger partial charge in [-0.25, -0.2) is 14.9 Å². The van der Waals surface area contributed by atoms with Gasteiger partial charge in [-0.3, -0.25) is 4.79 Å². The molecule has 0 saturated heterocycles. The number of alkyl halides is 6. The standard InChI is InChI=1S/C23H20F6IN2O4P/c1-32(19-6-4-15-8-13(2-5-18(15)19)3-7-20(33)31-36-37-30)21(34)35-12-14-9-16(22(24,25)26)11-17(10-14)23(27,28)29/h2-3,5,7-11,19,37H,4,6,12H2,1H3,(H,31,33)/b7-3+. The molecule has 6 nitrogen and oxygen atoms in total. The zero-order valence-corrected chi connectivity index (χ0v) is 22.2. The minimum absolute atomic E-state index is 0.0156. The lowest BCUT2D eigenvalue weighted by molar-refractivity contribution is -0.143. The Balaban J connectivity index is 1.68. The number of hydrogen-bond acceptors (Lipinski definition) is 4. The molecule has 2 aromatic carbocycles. The molecule has 0 bridgehead atoms. The summed E-state index contributed by atoms with van der Waals surface area (Å²) in [5, 5.41) is 0. The van der Waals surface area contributed by atoms with E-state index in [1.807, 2.05) is 28.1 Å². The van der Waals surface area contributed by atoms with Gasteiger partial charge < -0.3 is 9.64 Å². The third kappa shape index (κ3) is 7.81. The predicted molar refractivity (Wildman–Crippen MR) is 132 cm³/mol. The summed E-state index contributed by atoms with van der Waals surface area (Å²) >= 11 is 1.96. The van der Waals surface area contributed by atoms with Gasteiger partial charge in [-0.05, 0) is 81.4 Å². The van der Waals surface area contributed by atoms with Crippen molar-refractivity contribution in [2.75, 3.05) is 7.05 Å². The molecule has 0 saturated carbocycles. The summed E-state index contributed by atoms with van der Waals surface area (Å²) in [7, 11) is 1.45. The van der Waals surface area contributed by atoms with E-state index in [-0.39, 0.29) is 12.5 Å². The molecule has 37 heavy (non-hydrogen) atoms. The second-order valence-electron chi connectivity index (χ2n) is 8.07. The van der Waals surface area contributed by atoms with Gasteiger partial charge in [0.15, 0.2) is 0 Å². The van der Waals surface area contributed by atoms with Crippen LogP contribution in [0.5, 0.6) is 0 Å². The van der Waals surface area contributed by atoms with Gasteiger partial charge in [0.25, 0.3) is 5.91 Å². The number of hydroxylamine groups is 1. The average molecular weight is 660 g/mol. The zero-order valence-electron chi connectivity index (χ0n) is 19.0. The molecule has 2 atom stereocenters. The Hall–Kier alpha value is -2.38. The first-order valence-corrected chi connectivity index (χ1v) is 14.6. The van der Waals surface area contributed by atoms with Gasteiger partial charge in [0.1, 0.15) is 13.1 Å². The van der Waals surface area contributed by atoms with Crippen LogP contribution < -0.4 is 5.48 Å². The minimum Gasteiger partial charge on any atom is -0.445 e. The maximum absolute atomic E-state index is 13.1. The van der Waals surface area contributed by atoms with Crippen LogP contribution in [-0.2, 0) is 39.5 Å². The summed E-state index contributed by atoms with van der Waals surface area (Å²) in [5.74, 6) is -0.423. The lowest BCUT2D eigenvalue weighted by atomic mass is 10.0. The third-order valence-electron chi connectivity index (χ3n) is 5.60. The molecular formula is C23H20F6IN2O4P. The highest BCUT2D eigenvalue weighted by atomic mass is 127. The van der Waals surface area contributed by atoms with Gasteiger partial charge in [-0.2, -0.15) is 26.3 Å². The van der Waals surface area contributed by atoms with Crippen LogP contribution in [-0.4, -0.2) is 23.9 Å². The van der Waals surface area contributed by atoms with E-state index >= 15 is 0 Å². The first-order valence-electron chi connectivity index (χ1n) is 10.6. The Bertz CT molecular complexity index is 1160. The van der Waals surface area contributed by atoms with Crippen molar-refractivity contribution in [2.45, 2.75) is 37.8 Å². The first kappa shape index (κ1) is 29.2. The van der Waals surface area contributed by atoms with E-state index in [0.29, 0.717) is 25.0 Å². The summed E-state index contributed by atoms with van der Waals surface area (Å²) in [6.07, 6.45) is -6.80. The van der Waals surface area contributed by atoms with Crippen LogP contribution in [0.1, 0.15) is 45.8 Å². The number of hydrogen-bond donors (Lipinski definition) is 1. The Morgan fingerprint density at radius 1 is 1.11 bits per heavy atom. The molecule has 0 radical (unpaired) electrons. The molecule has 3 rings (SSSR count). The molecule has 1 aliphatic rings. The fourth-order valence-corrected chi connectivity index (χ4v) is 4.34. The van der Waals surface area contributed by atoms with Gasteiger partial charge in [-0.15, -0.1) is 0 Å². The fourth-order valence-electron chi connectivity index (χ4n) is 3.87. The molecule has 1 aliphatic carbocycles. The van der Waals surface area contributed by atoms with E-state index in [4.69, 9.17) is 9.36 Å². The third-order valence-corrected chi connectivity index (χ3v) is 6.44. The second-order valence-corrected chi connectivity index (χ2v) is 9.75. The van der Waals surface area contributed by atoms with E-state index in [1.165, 1.54) is 18.0 Å². The quantitative estimate of drug-likeness (QED) is 0.114. The lowest BCUT2D eigenvalue weighted by Crippen LogP contribution is -2.30. The van der Waals surface area contributed by atoms with Crippen molar-refractivity contribution >= 4 is 46.6 Å². The number of rotatable bonds is 7. The van der Waals surface area contributed by atoms with E-state index in [9.17, 15) is 35.9 Å². The summed E-state index contributed by atoms with van der Waals surface area (Å²) < 4.78 is 88.2. The van der Waals surface area contributed by atoms with Crippen LogP contribution in [0.25, 0.3) is 6.08 Å². The highest BCUT2D eigenvalue weighted by Gasteiger charge is 2.37. The number of fused-ring (bicyclic) bond motifs is 1. The van der Waals surface area contributed by atoms with Crippen molar-refractivity contribution in [3.63, 3.8) is 0 Å². The number of aryl methyl sites for hydroxylation is 1. The Morgan fingerprint density at radius 2 is 1.76 bits per heavy atom. The van der Waals surface area contributed by atoms with Crippen LogP contribution >= 0.6 is 28.5 Å². The number of halogens is 7. The zero-order chi connectivity index (χ0) is 27.4. The Kier molecular flexibility index (Phi) is 9.46. The van der Waals surface area contributed by atoms with E-state index in [1.54, 1.807) is 18.2 Å². The van der Waals surface area contributed by atoms with Crippen LogP contribution in [0.2, 0.25) is 0 Å². The van der Waals surface area contributed by atoms with Crippen molar-refractivity contribution in [3.05, 3.63) is 75.9 Å². The molecule has 200 valence electrons. The summed E-state index contributed by atoms with van der Waals surface area (Å²) in [4.78, 5) is 25.5. The highest BCUT2D eigenvalue weighted by Crippen LogP contribution is 2.38. The lowest BCUT2D eigenvalue weighted by Gasteiger charge is -2.25. The van der Waals surface area contributed by atoms with Crippen molar-refractivity contribution in [2.24, 2.45) is 0 Å². The number of benzene rings is 2. The molecular weight excluding hydrogens is 640 g/mol. The molecule has 0 aliphatic heterocycles. The number of amides is 2. The van der Waals surface area contributed by atoms with Gasteiger partial charge in [0.2, 0.25) is 0 Å². The smallest absolute Gasteiger partial charge is 0.416 e. The fraction of sp³-hybridized carbons (Fsp3) is 0.304. The van der Waals surface area contributed by atoms with Crippen molar-refractivity contribution in [3.8, 4) is 0 Å².